The highest BCUT2D eigenvalue weighted by molar-refractivity contribution is 9.09. The Labute approximate surface area is 434 Å². The first-order valence-electron chi connectivity index (χ1n) is 22.9. The lowest BCUT2D eigenvalue weighted by Gasteiger charge is -2.11. The number of nitrogens with zero attached hydrogens (tertiary/aromatic N) is 2. The Kier molecular flexibility index (Phi) is 16.1. The quantitative estimate of drug-likeness (QED) is 0.0663. The van der Waals surface area contributed by atoms with Gasteiger partial charge in [-0.25, -0.2) is 9.97 Å². The fourth-order valence-corrected chi connectivity index (χ4v) is 10.7. The lowest BCUT2D eigenvalue weighted by atomic mass is 10.0. The summed E-state index contributed by atoms with van der Waals surface area (Å²) in [6, 6.07) is 35.8. The Morgan fingerprint density at radius 3 is 1.10 bits per heavy atom. The molecule has 5 heterocycles. The van der Waals surface area contributed by atoms with Crippen LogP contribution in [0.1, 0.15) is 74.1 Å². The molecule has 2 aliphatic heterocycles. The summed E-state index contributed by atoms with van der Waals surface area (Å²) in [5, 5.41) is 4.04. The standard InChI is InChI=1S/C56H48Br2Cl4N4O2/c57-29-5-1-3-7-31-67-37-15-9-13-35(33-37)51-43-21-25-47(63-43)55(53-39(59)17-11-18-40(53)60)49-27-23-45(65-49)52(36-14-10-16-38(34-36)68-32-8-4-2-6-30-58)46-24-28-50(66-46)56(48-26-22-44(51)64-48)54-41(61)19-12-20-42(54)62/h9-28,33-34,63,66H,1-8,29-32H2. The molecule has 346 valence electrons. The highest BCUT2D eigenvalue weighted by Crippen LogP contribution is 2.44. The average molecular weight is 1110 g/mol. The van der Waals surface area contributed by atoms with Gasteiger partial charge < -0.3 is 19.4 Å². The third-order valence-corrected chi connectivity index (χ3v) is 14.4. The molecule has 0 unspecified atom stereocenters. The number of halogens is 6. The van der Waals surface area contributed by atoms with Crippen LogP contribution in [0.15, 0.2) is 109 Å². The molecule has 3 aromatic heterocycles. The molecular formula is C56H48Br2Cl4N4O2. The molecule has 0 fully saturated rings. The first-order valence-corrected chi connectivity index (χ1v) is 26.7. The number of ether oxygens (including phenoxy) is 2. The normalized spacial score (nSPS) is 12.0. The van der Waals surface area contributed by atoms with E-state index in [9.17, 15) is 0 Å². The summed E-state index contributed by atoms with van der Waals surface area (Å²) < 4.78 is 12.7. The lowest BCUT2D eigenvalue weighted by molar-refractivity contribution is 0.305. The van der Waals surface area contributed by atoms with E-state index in [2.05, 4.69) is 90.4 Å². The second-order valence-corrected chi connectivity index (χ2v) is 19.9. The molecule has 0 radical (unpaired) electrons. The third kappa shape index (κ3) is 10.8. The zero-order valence-corrected chi connectivity index (χ0v) is 43.4. The number of aromatic amines is 2. The number of nitrogens with one attached hydrogen (secondary N) is 2. The summed E-state index contributed by atoms with van der Waals surface area (Å²) in [6.45, 7) is 1.26. The maximum Gasteiger partial charge on any atom is 0.119 e. The van der Waals surface area contributed by atoms with Crippen molar-refractivity contribution >= 4 is 125 Å². The van der Waals surface area contributed by atoms with Gasteiger partial charge in [0.2, 0.25) is 0 Å². The van der Waals surface area contributed by atoms with Crippen molar-refractivity contribution in [1.29, 1.82) is 0 Å². The van der Waals surface area contributed by atoms with Crippen LogP contribution < -0.4 is 9.47 Å². The van der Waals surface area contributed by atoms with Crippen molar-refractivity contribution in [2.24, 2.45) is 0 Å². The van der Waals surface area contributed by atoms with Crippen molar-refractivity contribution in [3.63, 3.8) is 0 Å². The molecule has 0 saturated carbocycles. The van der Waals surface area contributed by atoms with Crippen molar-refractivity contribution in [1.82, 2.24) is 19.9 Å². The van der Waals surface area contributed by atoms with Crippen LogP contribution >= 0.6 is 78.3 Å². The molecular weight excluding hydrogens is 1060 g/mol. The van der Waals surface area contributed by atoms with Gasteiger partial charge in [-0.1, -0.05) is 140 Å². The Balaban J connectivity index is 1.32. The zero-order valence-electron chi connectivity index (χ0n) is 37.2. The van der Waals surface area contributed by atoms with Gasteiger partial charge in [-0.05, 0) is 134 Å². The van der Waals surface area contributed by atoms with Crippen LogP contribution in [0.2, 0.25) is 20.1 Å². The molecule has 9 rings (SSSR count). The van der Waals surface area contributed by atoms with Gasteiger partial charge in [-0.3, -0.25) is 0 Å². The Morgan fingerprint density at radius 2 is 0.721 bits per heavy atom. The molecule has 7 aromatic rings. The molecule has 2 aliphatic rings. The van der Waals surface area contributed by atoms with Gasteiger partial charge in [0.25, 0.3) is 0 Å². The van der Waals surface area contributed by atoms with Crippen molar-refractivity contribution in [3.8, 4) is 56.0 Å². The number of fused-ring (bicyclic) bond motifs is 8. The van der Waals surface area contributed by atoms with Crippen molar-refractivity contribution in [2.75, 3.05) is 23.9 Å². The van der Waals surface area contributed by atoms with Crippen LogP contribution in [-0.4, -0.2) is 43.8 Å². The Morgan fingerprint density at radius 1 is 0.382 bits per heavy atom. The van der Waals surface area contributed by atoms with E-state index in [1.807, 2.05) is 85.0 Å². The first kappa shape index (κ1) is 48.2. The molecule has 6 nitrogen and oxygen atoms in total. The molecule has 0 amide bonds. The van der Waals surface area contributed by atoms with Crippen LogP contribution in [0.3, 0.4) is 0 Å². The largest absolute Gasteiger partial charge is 0.494 e. The topological polar surface area (TPSA) is 75.8 Å². The third-order valence-electron chi connectivity index (χ3n) is 12.0. The molecule has 0 aliphatic carbocycles. The molecule has 8 bridgehead atoms. The molecule has 0 spiro atoms. The maximum absolute atomic E-state index is 7.09. The number of hydrogen-bond donors (Lipinski definition) is 2. The maximum atomic E-state index is 7.09. The van der Waals surface area contributed by atoms with Gasteiger partial charge in [-0.2, -0.15) is 0 Å². The number of benzene rings is 4. The monoisotopic (exact) mass is 1110 g/mol. The molecule has 0 atom stereocenters. The number of rotatable bonds is 18. The van der Waals surface area contributed by atoms with Crippen molar-refractivity contribution in [2.45, 2.75) is 51.4 Å². The van der Waals surface area contributed by atoms with E-state index >= 15 is 0 Å². The van der Waals surface area contributed by atoms with Crippen molar-refractivity contribution < 1.29 is 9.47 Å². The van der Waals surface area contributed by atoms with Gasteiger partial charge in [0, 0.05) is 66.1 Å². The zero-order chi connectivity index (χ0) is 47.0. The number of hydrogen-bond acceptors (Lipinski definition) is 4. The first-order chi connectivity index (χ1) is 33.3. The molecule has 12 heteroatoms. The smallest absolute Gasteiger partial charge is 0.119 e. The fraction of sp³-hybridized carbons (Fsp3) is 0.214. The minimum atomic E-state index is 0.503. The summed E-state index contributed by atoms with van der Waals surface area (Å²) in [5.41, 5.74) is 12.5. The van der Waals surface area contributed by atoms with Crippen LogP contribution in [0, 0.1) is 0 Å². The van der Waals surface area contributed by atoms with E-state index in [1.54, 1.807) is 0 Å². The van der Waals surface area contributed by atoms with Crippen LogP contribution in [0.25, 0.3) is 90.9 Å². The fourth-order valence-electron chi connectivity index (χ4n) is 8.78. The van der Waals surface area contributed by atoms with E-state index in [0.29, 0.717) is 55.8 Å². The summed E-state index contributed by atoms with van der Waals surface area (Å²) in [4.78, 5) is 18.4. The number of unbranched alkanes of at least 4 members (excludes halogenated alkanes) is 6. The summed E-state index contributed by atoms with van der Waals surface area (Å²) in [5.74, 6) is 1.56. The van der Waals surface area contributed by atoms with E-state index in [0.717, 1.165) is 140 Å². The molecule has 0 saturated heterocycles. The van der Waals surface area contributed by atoms with Crippen LogP contribution in [0.4, 0.5) is 0 Å². The molecule has 4 aromatic carbocycles. The Bertz CT molecular complexity index is 2950. The second kappa shape index (κ2) is 22.7. The van der Waals surface area contributed by atoms with Gasteiger partial charge in [-0.15, -0.1) is 0 Å². The predicted octanol–water partition coefficient (Wildman–Crippen LogP) is 18.6. The van der Waals surface area contributed by atoms with Crippen LogP contribution in [0.5, 0.6) is 11.5 Å². The van der Waals surface area contributed by atoms with E-state index in [4.69, 9.17) is 65.8 Å². The lowest BCUT2D eigenvalue weighted by Crippen LogP contribution is -1.98. The van der Waals surface area contributed by atoms with Crippen LogP contribution in [-0.2, 0) is 0 Å². The summed E-state index contributed by atoms with van der Waals surface area (Å²) in [7, 11) is 0. The second-order valence-electron chi connectivity index (χ2n) is 16.7. The van der Waals surface area contributed by atoms with Gasteiger partial charge in [0.15, 0.2) is 0 Å². The molecule has 68 heavy (non-hydrogen) atoms. The predicted molar refractivity (Wildman–Crippen MR) is 296 cm³/mol. The summed E-state index contributed by atoms with van der Waals surface area (Å²) >= 11 is 35.4. The van der Waals surface area contributed by atoms with Crippen molar-refractivity contribution in [3.05, 3.63) is 152 Å². The Hall–Kier alpha value is -4.80. The van der Waals surface area contributed by atoms with E-state index in [-0.39, 0.29) is 0 Å². The number of aromatic nitrogens is 4. The molecule has 2 N–H and O–H groups in total. The SMILES string of the molecule is Clc1cccc(Cl)c1-c1c2nc(c(-c3cccc(OCCCCCCBr)c3)c3ccc([nH]3)c(-c3c(Cl)cccc3Cl)c3nc(c(-c4cccc(OCCCCCCBr)c4)c4ccc1[nH]4)C=C3)C=C2. The van der Waals surface area contributed by atoms with Gasteiger partial charge in [0.05, 0.1) is 56.1 Å². The minimum Gasteiger partial charge on any atom is -0.494 e. The van der Waals surface area contributed by atoms with E-state index < -0.39 is 0 Å². The highest BCUT2D eigenvalue weighted by Gasteiger charge is 2.22. The summed E-state index contributed by atoms with van der Waals surface area (Å²) in [6.07, 6.45) is 16.9. The minimum absolute atomic E-state index is 0.503. The van der Waals surface area contributed by atoms with Gasteiger partial charge in [0.1, 0.15) is 11.5 Å². The van der Waals surface area contributed by atoms with Gasteiger partial charge >= 0.3 is 0 Å². The number of alkyl halides is 2. The average Bonchev–Trinajstić information content (AvgIpc) is 4.19. The number of H-pyrrole nitrogens is 2. The van der Waals surface area contributed by atoms with E-state index in [1.165, 1.54) is 0 Å². The highest BCUT2D eigenvalue weighted by atomic mass is 79.9.